The van der Waals surface area contributed by atoms with Crippen LogP contribution in [-0.4, -0.2) is 50.4 Å². The monoisotopic (exact) mass is 386 g/mol. The number of rotatable bonds is 5. The van der Waals surface area contributed by atoms with Crippen molar-refractivity contribution in [1.29, 1.82) is 0 Å². The maximum absolute atomic E-state index is 5.61. The van der Waals surface area contributed by atoms with Gasteiger partial charge in [-0.05, 0) is 43.4 Å². The van der Waals surface area contributed by atoms with Crippen LogP contribution in [0.2, 0.25) is 0 Å². The van der Waals surface area contributed by atoms with Crippen LogP contribution in [0.15, 0.2) is 42.5 Å². The first kappa shape index (κ1) is 19.5. The van der Waals surface area contributed by atoms with Crippen LogP contribution < -0.4 is 19.7 Å². The largest absolute Gasteiger partial charge is 0.497 e. The van der Waals surface area contributed by atoms with Gasteiger partial charge in [0, 0.05) is 17.3 Å². The topological polar surface area (TPSA) is 38.2 Å². The van der Waals surface area contributed by atoms with Gasteiger partial charge in [0.05, 0.1) is 40.4 Å². The van der Waals surface area contributed by atoms with E-state index in [-0.39, 0.29) is 0 Å². The molecule has 0 aliphatic carbocycles. The Morgan fingerprint density at radius 2 is 1.89 bits per heavy atom. The number of anilines is 1. The van der Waals surface area contributed by atoms with Crippen LogP contribution in [0.25, 0.3) is 0 Å². The standard InChI is InChI=1S/C21H27N3O2S/c1-16-7-8-20(26-3)17(13-16)15-23-9-11-24(12-10-23)21(27)22-18-5-4-6-19(14-18)25-2/h4-8,13-14H,9-12,15H2,1-3H3,(H,22,27)/p+1. The van der Waals surface area contributed by atoms with Crippen molar-refractivity contribution < 1.29 is 14.4 Å². The zero-order valence-corrected chi connectivity index (χ0v) is 17.1. The molecule has 0 unspecified atom stereocenters. The molecule has 2 aromatic rings. The summed E-state index contributed by atoms with van der Waals surface area (Å²) >= 11 is 5.61. The average Bonchev–Trinajstić information content (AvgIpc) is 2.69. The van der Waals surface area contributed by atoms with Gasteiger partial charge in [-0.15, -0.1) is 0 Å². The molecular formula is C21H28N3O2S+. The number of methoxy groups -OCH3 is 2. The number of ether oxygens (including phenoxy) is 2. The van der Waals surface area contributed by atoms with E-state index >= 15 is 0 Å². The minimum absolute atomic E-state index is 0.774. The fourth-order valence-electron chi connectivity index (χ4n) is 3.42. The molecule has 0 saturated carbocycles. The van der Waals surface area contributed by atoms with Crippen LogP contribution in [0, 0.1) is 6.92 Å². The number of hydrogen-bond acceptors (Lipinski definition) is 3. The quantitative estimate of drug-likeness (QED) is 0.770. The van der Waals surface area contributed by atoms with E-state index in [2.05, 4.69) is 35.3 Å². The highest BCUT2D eigenvalue weighted by atomic mass is 32.1. The van der Waals surface area contributed by atoms with Crippen LogP contribution in [0.3, 0.4) is 0 Å². The van der Waals surface area contributed by atoms with E-state index in [0.29, 0.717) is 0 Å². The second-order valence-corrected chi connectivity index (χ2v) is 7.28. The fraction of sp³-hybridized carbons (Fsp3) is 0.381. The lowest BCUT2D eigenvalue weighted by Gasteiger charge is -2.34. The molecule has 6 heteroatoms. The summed E-state index contributed by atoms with van der Waals surface area (Å²) in [7, 11) is 3.41. The van der Waals surface area contributed by atoms with Crippen molar-refractivity contribution in [3.05, 3.63) is 53.6 Å². The first-order valence-corrected chi connectivity index (χ1v) is 9.67. The van der Waals surface area contributed by atoms with Crippen molar-refractivity contribution in [2.45, 2.75) is 13.5 Å². The summed E-state index contributed by atoms with van der Waals surface area (Å²) in [6, 6.07) is 14.2. The molecule has 2 N–H and O–H groups in total. The summed E-state index contributed by atoms with van der Waals surface area (Å²) in [5.74, 6) is 1.80. The van der Waals surface area contributed by atoms with Crippen LogP contribution in [0.1, 0.15) is 11.1 Å². The number of aryl methyl sites for hydroxylation is 1. The molecular weight excluding hydrogens is 358 g/mol. The van der Waals surface area contributed by atoms with E-state index in [1.54, 1.807) is 19.1 Å². The SMILES string of the molecule is COc1cccc(NC(=S)N2CC[NH+](Cc3cc(C)ccc3OC)CC2)c1. The van der Waals surface area contributed by atoms with E-state index in [4.69, 9.17) is 21.7 Å². The Morgan fingerprint density at radius 3 is 2.59 bits per heavy atom. The average molecular weight is 387 g/mol. The third kappa shape index (κ3) is 5.11. The van der Waals surface area contributed by atoms with Gasteiger partial charge in [0.2, 0.25) is 0 Å². The minimum atomic E-state index is 0.774. The Hall–Kier alpha value is -2.31. The van der Waals surface area contributed by atoms with Gasteiger partial charge in [-0.3, -0.25) is 0 Å². The first-order chi connectivity index (χ1) is 13.1. The summed E-state index contributed by atoms with van der Waals surface area (Å²) < 4.78 is 10.8. The zero-order chi connectivity index (χ0) is 19.2. The van der Waals surface area contributed by atoms with Crippen molar-refractivity contribution in [1.82, 2.24) is 4.90 Å². The zero-order valence-electron chi connectivity index (χ0n) is 16.2. The van der Waals surface area contributed by atoms with Gasteiger partial charge in [-0.2, -0.15) is 0 Å². The second-order valence-electron chi connectivity index (χ2n) is 6.89. The molecule has 0 spiro atoms. The number of quaternary nitrogens is 1. The number of thiocarbonyl (C=S) groups is 1. The van der Waals surface area contributed by atoms with Crippen molar-refractivity contribution >= 4 is 23.0 Å². The molecule has 0 radical (unpaired) electrons. The van der Waals surface area contributed by atoms with E-state index in [1.165, 1.54) is 11.1 Å². The summed E-state index contributed by atoms with van der Waals surface area (Å²) in [5, 5.41) is 4.10. The summed E-state index contributed by atoms with van der Waals surface area (Å²) in [5.41, 5.74) is 3.50. The maximum atomic E-state index is 5.61. The van der Waals surface area contributed by atoms with E-state index in [0.717, 1.165) is 55.0 Å². The molecule has 3 rings (SSSR count). The molecule has 5 nitrogen and oxygen atoms in total. The van der Waals surface area contributed by atoms with Gasteiger partial charge in [-0.25, -0.2) is 0 Å². The molecule has 0 aromatic heterocycles. The Balaban J connectivity index is 1.54. The third-order valence-corrected chi connectivity index (χ3v) is 5.32. The Labute approximate surface area is 166 Å². The predicted octanol–water partition coefficient (Wildman–Crippen LogP) is 2.11. The lowest BCUT2D eigenvalue weighted by molar-refractivity contribution is -0.917. The molecule has 1 aliphatic rings. The molecule has 0 amide bonds. The smallest absolute Gasteiger partial charge is 0.173 e. The van der Waals surface area contributed by atoms with Gasteiger partial charge < -0.3 is 24.6 Å². The van der Waals surface area contributed by atoms with Crippen LogP contribution in [-0.2, 0) is 6.54 Å². The maximum Gasteiger partial charge on any atom is 0.173 e. The number of nitrogens with one attached hydrogen (secondary N) is 2. The van der Waals surface area contributed by atoms with Gasteiger partial charge in [-0.1, -0.05) is 17.7 Å². The van der Waals surface area contributed by atoms with E-state index in [1.807, 2.05) is 24.3 Å². The van der Waals surface area contributed by atoms with Crippen LogP contribution >= 0.6 is 12.2 Å². The summed E-state index contributed by atoms with van der Waals surface area (Å²) in [6.45, 7) is 7.10. The highest BCUT2D eigenvalue weighted by Crippen LogP contribution is 2.19. The lowest BCUT2D eigenvalue weighted by Crippen LogP contribution is -3.13. The van der Waals surface area contributed by atoms with Crippen molar-refractivity contribution in [2.75, 3.05) is 45.7 Å². The second kappa shape index (κ2) is 9.06. The Kier molecular flexibility index (Phi) is 6.53. The molecule has 0 atom stereocenters. The Morgan fingerprint density at radius 1 is 1.11 bits per heavy atom. The number of nitrogens with zero attached hydrogens (tertiary/aromatic N) is 1. The van der Waals surface area contributed by atoms with Crippen molar-refractivity contribution in [3.63, 3.8) is 0 Å². The van der Waals surface area contributed by atoms with Gasteiger partial charge in [0.1, 0.15) is 18.0 Å². The fourth-order valence-corrected chi connectivity index (χ4v) is 3.72. The van der Waals surface area contributed by atoms with Crippen LogP contribution in [0.5, 0.6) is 11.5 Å². The normalized spacial score (nSPS) is 14.7. The van der Waals surface area contributed by atoms with E-state index < -0.39 is 0 Å². The third-order valence-electron chi connectivity index (χ3n) is 4.96. The molecule has 27 heavy (non-hydrogen) atoms. The molecule has 1 saturated heterocycles. The van der Waals surface area contributed by atoms with Crippen LogP contribution in [0.4, 0.5) is 5.69 Å². The molecule has 2 aromatic carbocycles. The lowest BCUT2D eigenvalue weighted by atomic mass is 10.1. The highest BCUT2D eigenvalue weighted by molar-refractivity contribution is 7.80. The molecule has 0 bridgehead atoms. The molecule has 1 fully saturated rings. The van der Waals surface area contributed by atoms with Gasteiger partial charge in [0.25, 0.3) is 0 Å². The Bertz CT molecular complexity index is 789. The first-order valence-electron chi connectivity index (χ1n) is 9.26. The van der Waals surface area contributed by atoms with Gasteiger partial charge >= 0.3 is 0 Å². The van der Waals surface area contributed by atoms with Gasteiger partial charge in [0.15, 0.2) is 5.11 Å². The van der Waals surface area contributed by atoms with Crippen molar-refractivity contribution in [2.24, 2.45) is 0 Å². The number of hydrogen-bond donors (Lipinski definition) is 2. The van der Waals surface area contributed by atoms with E-state index in [9.17, 15) is 0 Å². The highest BCUT2D eigenvalue weighted by Gasteiger charge is 2.23. The molecule has 144 valence electrons. The summed E-state index contributed by atoms with van der Waals surface area (Å²) in [6.07, 6.45) is 0. The summed E-state index contributed by atoms with van der Waals surface area (Å²) in [4.78, 5) is 3.80. The minimum Gasteiger partial charge on any atom is -0.497 e. The van der Waals surface area contributed by atoms with Crippen molar-refractivity contribution in [3.8, 4) is 11.5 Å². The predicted molar refractivity (Wildman–Crippen MR) is 113 cm³/mol. The number of benzene rings is 2. The number of piperazine rings is 1. The molecule has 1 heterocycles. The molecule has 1 aliphatic heterocycles.